The third-order valence-corrected chi connectivity index (χ3v) is 17.2. The van der Waals surface area contributed by atoms with Gasteiger partial charge in [0.25, 0.3) is 0 Å². The summed E-state index contributed by atoms with van der Waals surface area (Å²) in [5.74, 6) is 2.98. The predicted octanol–water partition coefficient (Wildman–Crippen LogP) is 26.2. The van der Waals surface area contributed by atoms with Gasteiger partial charge in [-0.15, -0.1) is 11.3 Å². The van der Waals surface area contributed by atoms with Gasteiger partial charge in [-0.3, -0.25) is 9.97 Å². The SMILES string of the molecule is CC(C)(C)c1cccc(-c2cccnc2)c1.CC(C)(C)c1cccc(Oc2ccccc2)c1.CC(C)(C)c1nc(-c2ccccc2)cs1.CC(C)c1ccc(-c2ccccc2)cc1.CC(C)c1ccc(-c2ccccc2)cc1.Cc1ccc(-c2cccc(C(C)(C)C)c2)cn1. The Morgan fingerprint density at radius 2 is 0.695 bits per heavy atom. The second-order valence-corrected chi connectivity index (χ2v) is 29.6. The average molecular weight is 1270 g/mol. The lowest BCUT2D eigenvalue weighted by molar-refractivity contribution is 0.478. The molecule has 0 N–H and O–H groups in total. The number of hydrogen-bond donors (Lipinski definition) is 0. The summed E-state index contributed by atoms with van der Waals surface area (Å²) in [4.78, 5) is 13.2. The van der Waals surface area contributed by atoms with Crippen molar-refractivity contribution in [2.45, 2.75) is 151 Å². The molecule has 0 unspecified atom stereocenters. The molecule has 0 radical (unpaired) electrons. The molecule has 0 saturated heterocycles. The Balaban J connectivity index is 0.000000161. The molecule has 12 aromatic rings. The normalized spacial score (nSPS) is 11.2. The molecular formula is C90H101N3OS. The molecule has 95 heavy (non-hydrogen) atoms. The summed E-state index contributed by atoms with van der Waals surface area (Å²) >= 11 is 1.74. The van der Waals surface area contributed by atoms with Crippen molar-refractivity contribution in [2.75, 3.05) is 0 Å². The van der Waals surface area contributed by atoms with Crippen LogP contribution in [-0.4, -0.2) is 15.0 Å². The van der Waals surface area contributed by atoms with E-state index in [4.69, 9.17) is 4.74 Å². The topological polar surface area (TPSA) is 47.9 Å². The number of benzene rings is 9. The van der Waals surface area contributed by atoms with E-state index in [1.54, 1.807) is 17.5 Å². The minimum Gasteiger partial charge on any atom is -0.457 e. The van der Waals surface area contributed by atoms with E-state index in [0.29, 0.717) is 11.8 Å². The average Bonchev–Trinajstić information content (AvgIpc) is 1.91. The van der Waals surface area contributed by atoms with Gasteiger partial charge in [-0.05, 0) is 138 Å². The van der Waals surface area contributed by atoms with Crippen LogP contribution in [0, 0.1) is 6.92 Å². The van der Waals surface area contributed by atoms with E-state index in [9.17, 15) is 0 Å². The van der Waals surface area contributed by atoms with Crippen LogP contribution in [0.2, 0.25) is 0 Å². The standard InChI is InChI=1S/C16H19N.C16H18O.C15H17N.2C15H16.C13H15NS/c1-12-8-9-14(11-17-12)13-6-5-7-15(10-13)16(2,3)4;1-16(2,3)13-8-7-11-15(12-13)17-14-9-5-4-6-10-14;1-15(2,3)14-8-4-6-12(10-14)13-7-5-9-16-11-13;2*1-12(2)13-8-10-15(11-9-13)14-6-4-3-5-7-14;1-13(2,3)12-14-11(9-15-12)10-7-5-4-6-8-10/h5-11H,1-4H3;4-12H,1-3H3;4-11H,1-3H3;2*3-12H,1-2H3;4-9H,1-3H3. The second-order valence-electron chi connectivity index (χ2n) is 28.7. The van der Waals surface area contributed by atoms with Crippen LogP contribution >= 0.6 is 11.3 Å². The second kappa shape index (κ2) is 34.7. The van der Waals surface area contributed by atoms with Crippen molar-refractivity contribution in [3.8, 4) is 67.3 Å². The first-order valence-electron chi connectivity index (χ1n) is 33.4. The third kappa shape index (κ3) is 23.9. The van der Waals surface area contributed by atoms with Crippen LogP contribution in [0.15, 0.2) is 291 Å². The van der Waals surface area contributed by atoms with E-state index in [0.717, 1.165) is 22.9 Å². The molecule has 3 heterocycles. The maximum atomic E-state index is 5.81. The molecule has 0 saturated carbocycles. The van der Waals surface area contributed by atoms with Crippen LogP contribution < -0.4 is 4.74 Å². The molecule has 3 aromatic heterocycles. The summed E-state index contributed by atoms with van der Waals surface area (Å²) in [5.41, 5.74) is 20.8. The summed E-state index contributed by atoms with van der Waals surface area (Å²) in [6, 6.07) is 92.7. The zero-order valence-electron chi connectivity index (χ0n) is 59.5. The van der Waals surface area contributed by atoms with Gasteiger partial charge >= 0.3 is 0 Å². The number of nitrogens with zero attached hydrogens (tertiary/aromatic N) is 3. The number of thiazole rings is 1. The van der Waals surface area contributed by atoms with Crippen LogP contribution in [0.3, 0.4) is 0 Å². The van der Waals surface area contributed by atoms with Crippen molar-refractivity contribution >= 4 is 11.3 Å². The highest BCUT2D eigenvalue weighted by molar-refractivity contribution is 7.10. The molecule has 488 valence electrons. The molecule has 0 amide bonds. The van der Waals surface area contributed by atoms with Gasteiger partial charge in [0.05, 0.1) is 10.7 Å². The van der Waals surface area contributed by atoms with Gasteiger partial charge in [0, 0.05) is 46.2 Å². The van der Waals surface area contributed by atoms with Gasteiger partial charge in [0.2, 0.25) is 0 Å². The van der Waals surface area contributed by atoms with Gasteiger partial charge in [0.1, 0.15) is 11.5 Å². The Morgan fingerprint density at radius 1 is 0.326 bits per heavy atom. The van der Waals surface area contributed by atoms with Crippen molar-refractivity contribution < 1.29 is 4.74 Å². The van der Waals surface area contributed by atoms with Crippen LogP contribution in [0.5, 0.6) is 11.5 Å². The molecule has 12 rings (SSSR count). The van der Waals surface area contributed by atoms with Crippen molar-refractivity contribution in [2.24, 2.45) is 0 Å². The van der Waals surface area contributed by atoms with Gasteiger partial charge in [0.15, 0.2) is 0 Å². The highest BCUT2D eigenvalue weighted by Crippen LogP contribution is 2.33. The van der Waals surface area contributed by atoms with Gasteiger partial charge in [-0.25, -0.2) is 4.98 Å². The van der Waals surface area contributed by atoms with Crippen molar-refractivity contribution in [1.29, 1.82) is 0 Å². The molecule has 0 bridgehead atoms. The number of aromatic nitrogens is 3. The zero-order chi connectivity index (χ0) is 68.6. The fraction of sp³-hybridized carbons (Fsp3) is 0.256. The number of pyridine rings is 2. The first kappa shape index (κ1) is 73.1. The molecule has 5 heteroatoms. The summed E-state index contributed by atoms with van der Waals surface area (Å²) in [6.45, 7) is 37.5. The lowest BCUT2D eigenvalue weighted by Gasteiger charge is -2.19. The van der Waals surface area contributed by atoms with Crippen molar-refractivity contribution in [3.63, 3.8) is 0 Å². The van der Waals surface area contributed by atoms with Crippen LogP contribution in [0.1, 0.15) is 161 Å². The number of ether oxygens (including phenoxy) is 1. The Hall–Kier alpha value is -9.29. The van der Waals surface area contributed by atoms with Gasteiger partial charge in [-0.2, -0.15) is 0 Å². The highest BCUT2D eigenvalue weighted by Gasteiger charge is 2.19. The number of para-hydroxylation sites is 1. The number of rotatable bonds is 9. The molecule has 0 aliphatic carbocycles. The minimum absolute atomic E-state index is 0.149. The summed E-state index contributed by atoms with van der Waals surface area (Å²) in [5, 5.41) is 3.33. The number of aryl methyl sites for hydroxylation is 1. The number of hydrogen-bond acceptors (Lipinski definition) is 5. The van der Waals surface area contributed by atoms with Crippen LogP contribution in [0.25, 0.3) is 55.8 Å². The largest absolute Gasteiger partial charge is 0.457 e. The Kier molecular flexibility index (Phi) is 26.7. The van der Waals surface area contributed by atoms with Crippen molar-refractivity contribution in [1.82, 2.24) is 15.0 Å². The Bertz CT molecular complexity index is 4050. The summed E-state index contributed by atoms with van der Waals surface area (Å²) in [6.07, 6.45) is 5.65. The Morgan fingerprint density at radius 3 is 1.08 bits per heavy atom. The Labute approximate surface area is 575 Å². The first-order valence-corrected chi connectivity index (χ1v) is 34.3. The van der Waals surface area contributed by atoms with E-state index < -0.39 is 0 Å². The predicted molar refractivity (Wildman–Crippen MR) is 411 cm³/mol. The summed E-state index contributed by atoms with van der Waals surface area (Å²) in [7, 11) is 0. The molecule has 0 atom stereocenters. The van der Waals surface area contributed by atoms with E-state index in [2.05, 4.69) is 319 Å². The first-order chi connectivity index (χ1) is 45.2. The van der Waals surface area contributed by atoms with Crippen molar-refractivity contribution in [3.05, 3.63) is 329 Å². The molecule has 0 spiro atoms. The fourth-order valence-corrected chi connectivity index (χ4v) is 10.8. The van der Waals surface area contributed by atoms with Crippen LogP contribution in [-0.2, 0) is 21.7 Å². The summed E-state index contributed by atoms with van der Waals surface area (Å²) < 4.78 is 5.81. The van der Waals surface area contributed by atoms with E-state index >= 15 is 0 Å². The highest BCUT2D eigenvalue weighted by atomic mass is 32.1. The lowest BCUT2D eigenvalue weighted by atomic mass is 9.85. The smallest absolute Gasteiger partial charge is 0.127 e. The zero-order valence-corrected chi connectivity index (χ0v) is 60.3. The van der Waals surface area contributed by atoms with E-state index in [-0.39, 0.29) is 21.7 Å². The molecule has 0 fully saturated rings. The fourth-order valence-electron chi connectivity index (χ4n) is 9.90. The minimum atomic E-state index is 0.149. The molecule has 9 aromatic carbocycles. The molecule has 4 nitrogen and oxygen atoms in total. The van der Waals surface area contributed by atoms with Gasteiger partial charge in [-0.1, -0.05) is 341 Å². The van der Waals surface area contributed by atoms with Crippen LogP contribution in [0.4, 0.5) is 0 Å². The van der Waals surface area contributed by atoms with Gasteiger partial charge < -0.3 is 4.74 Å². The van der Waals surface area contributed by atoms with E-state index in [1.807, 2.05) is 98.2 Å². The molecule has 0 aliphatic heterocycles. The monoisotopic (exact) mass is 1270 g/mol. The molecule has 0 aliphatic rings. The maximum Gasteiger partial charge on any atom is 0.127 e. The quantitative estimate of drug-likeness (QED) is 0.144. The maximum absolute atomic E-state index is 5.81. The lowest BCUT2D eigenvalue weighted by Crippen LogP contribution is -2.10. The van der Waals surface area contributed by atoms with E-state index in [1.165, 1.54) is 82.9 Å². The third-order valence-electron chi connectivity index (χ3n) is 16.0. The molecular weight excluding hydrogens is 1170 g/mol.